The van der Waals surface area contributed by atoms with Gasteiger partial charge in [-0.25, -0.2) is 0 Å². The summed E-state index contributed by atoms with van der Waals surface area (Å²) in [6.45, 7) is 4.95. The minimum Gasteiger partial charge on any atom is -0.492 e. The summed E-state index contributed by atoms with van der Waals surface area (Å²) in [5.41, 5.74) is 7.47. The van der Waals surface area contributed by atoms with Gasteiger partial charge in [-0.3, -0.25) is 4.98 Å². The summed E-state index contributed by atoms with van der Waals surface area (Å²) in [4.78, 5) is 4.22. The number of rotatable bonds is 4. The van der Waals surface area contributed by atoms with Crippen molar-refractivity contribution in [1.29, 1.82) is 0 Å². The Hall–Kier alpha value is -1.09. The van der Waals surface area contributed by atoms with Crippen molar-refractivity contribution in [3.63, 3.8) is 0 Å². The number of ether oxygens (including phenoxy) is 1. The minimum atomic E-state index is 0.0976. The molecule has 94 valence electrons. The van der Waals surface area contributed by atoms with Crippen molar-refractivity contribution in [2.75, 3.05) is 6.61 Å². The summed E-state index contributed by atoms with van der Waals surface area (Å²) < 4.78 is 5.47. The molecule has 2 rings (SSSR count). The van der Waals surface area contributed by atoms with Crippen LogP contribution in [0.4, 0.5) is 0 Å². The van der Waals surface area contributed by atoms with Crippen molar-refractivity contribution in [2.45, 2.75) is 39.2 Å². The number of hydrogen-bond acceptors (Lipinski definition) is 3. The second-order valence-corrected chi connectivity index (χ2v) is 4.98. The molecule has 0 spiro atoms. The predicted molar refractivity (Wildman–Crippen MR) is 68.8 cm³/mol. The lowest BCUT2D eigenvalue weighted by atomic mass is 9.87. The smallest absolute Gasteiger partial charge is 0.137 e. The van der Waals surface area contributed by atoms with E-state index in [1.54, 1.807) is 6.20 Å². The summed E-state index contributed by atoms with van der Waals surface area (Å²) in [5, 5.41) is 0. The van der Waals surface area contributed by atoms with Crippen LogP contribution in [0.1, 0.15) is 44.7 Å². The van der Waals surface area contributed by atoms with Gasteiger partial charge in [0, 0.05) is 12.2 Å². The van der Waals surface area contributed by atoms with Crippen LogP contribution in [-0.4, -0.2) is 11.6 Å². The molecule has 1 heterocycles. The minimum absolute atomic E-state index is 0.0976. The van der Waals surface area contributed by atoms with Crippen LogP contribution < -0.4 is 10.5 Å². The number of aromatic nitrogens is 1. The molecule has 3 nitrogen and oxygen atoms in total. The lowest BCUT2D eigenvalue weighted by Gasteiger charge is -2.23. The predicted octanol–water partition coefficient (Wildman–Crippen LogP) is 2.92. The number of nitrogens with two attached hydrogens (primary N) is 1. The van der Waals surface area contributed by atoms with E-state index < -0.39 is 0 Å². The lowest BCUT2D eigenvalue weighted by Crippen LogP contribution is -2.23. The van der Waals surface area contributed by atoms with Gasteiger partial charge in [0.15, 0.2) is 0 Å². The molecule has 0 aliphatic heterocycles. The van der Waals surface area contributed by atoms with Gasteiger partial charge in [0.05, 0.1) is 12.8 Å². The normalized spacial score (nSPS) is 25.8. The highest BCUT2D eigenvalue weighted by molar-refractivity contribution is 5.26. The Bertz CT molecular complexity index is 367. The van der Waals surface area contributed by atoms with Crippen LogP contribution in [0.25, 0.3) is 0 Å². The van der Waals surface area contributed by atoms with Gasteiger partial charge >= 0.3 is 0 Å². The Morgan fingerprint density at radius 3 is 2.94 bits per heavy atom. The molecule has 3 unspecified atom stereocenters. The first kappa shape index (κ1) is 12.4. The molecule has 0 saturated heterocycles. The number of hydrogen-bond donors (Lipinski definition) is 1. The van der Waals surface area contributed by atoms with E-state index in [1.807, 2.05) is 19.2 Å². The van der Waals surface area contributed by atoms with Gasteiger partial charge < -0.3 is 10.5 Å². The first-order valence-corrected chi connectivity index (χ1v) is 6.55. The van der Waals surface area contributed by atoms with Gasteiger partial charge in [-0.1, -0.05) is 19.8 Å². The van der Waals surface area contributed by atoms with E-state index in [1.165, 1.54) is 19.3 Å². The fourth-order valence-electron chi connectivity index (χ4n) is 2.82. The molecular formula is C14H22N2O. The fraction of sp³-hybridized carbons (Fsp3) is 0.643. The molecule has 2 N–H and O–H groups in total. The van der Waals surface area contributed by atoms with E-state index in [-0.39, 0.29) is 6.04 Å². The number of nitrogens with zero attached hydrogens (tertiary/aromatic N) is 1. The molecule has 1 saturated carbocycles. The van der Waals surface area contributed by atoms with E-state index in [4.69, 9.17) is 10.5 Å². The van der Waals surface area contributed by atoms with E-state index in [0.29, 0.717) is 12.5 Å². The Morgan fingerprint density at radius 2 is 2.29 bits per heavy atom. The van der Waals surface area contributed by atoms with Crippen molar-refractivity contribution in [3.05, 3.63) is 24.0 Å². The van der Waals surface area contributed by atoms with Gasteiger partial charge in [-0.15, -0.1) is 0 Å². The van der Waals surface area contributed by atoms with Crippen molar-refractivity contribution < 1.29 is 4.74 Å². The van der Waals surface area contributed by atoms with Gasteiger partial charge in [-0.05, 0) is 36.8 Å². The molecule has 1 aliphatic carbocycles. The Balaban J connectivity index is 2.12. The highest BCUT2D eigenvalue weighted by Crippen LogP contribution is 2.39. The maximum Gasteiger partial charge on any atom is 0.137 e. The molecule has 0 radical (unpaired) electrons. The van der Waals surface area contributed by atoms with E-state index in [0.717, 1.165) is 17.2 Å². The molecule has 3 heteroatoms. The van der Waals surface area contributed by atoms with Gasteiger partial charge in [-0.2, -0.15) is 0 Å². The Labute approximate surface area is 103 Å². The average Bonchev–Trinajstić information content (AvgIpc) is 2.75. The van der Waals surface area contributed by atoms with Crippen LogP contribution in [-0.2, 0) is 0 Å². The third-order valence-electron chi connectivity index (χ3n) is 3.82. The molecule has 0 bridgehead atoms. The average molecular weight is 234 g/mol. The largest absolute Gasteiger partial charge is 0.492 e. The number of pyridine rings is 1. The third-order valence-corrected chi connectivity index (χ3v) is 3.82. The van der Waals surface area contributed by atoms with Crippen molar-refractivity contribution >= 4 is 0 Å². The van der Waals surface area contributed by atoms with Gasteiger partial charge in [0.1, 0.15) is 5.75 Å². The molecular weight excluding hydrogens is 212 g/mol. The lowest BCUT2D eigenvalue weighted by molar-refractivity contribution is 0.332. The van der Waals surface area contributed by atoms with Crippen molar-refractivity contribution in [3.8, 4) is 5.75 Å². The summed E-state index contributed by atoms with van der Waals surface area (Å²) in [6, 6.07) is 2.13. The monoisotopic (exact) mass is 234 g/mol. The Kier molecular flexibility index (Phi) is 4.00. The topological polar surface area (TPSA) is 48.1 Å². The highest BCUT2D eigenvalue weighted by Gasteiger charge is 2.29. The van der Waals surface area contributed by atoms with Crippen molar-refractivity contribution in [1.82, 2.24) is 4.98 Å². The van der Waals surface area contributed by atoms with E-state index >= 15 is 0 Å². The maximum absolute atomic E-state index is 6.36. The van der Waals surface area contributed by atoms with Crippen LogP contribution in [0.15, 0.2) is 18.5 Å². The molecule has 0 amide bonds. The van der Waals surface area contributed by atoms with Crippen LogP contribution in [0.3, 0.4) is 0 Å². The summed E-state index contributed by atoms with van der Waals surface area (Å²) in [5.74, 6) is 2.14. The van der Waals surface area contributed by atoms with Crippen LogP contribution in [0.2, 0.25) is 0 Å². The van der Waals surface area contributed by atoms with Gasteiger partial charge in [0.2, 0.25) is 0 Å². The second kappa shape index (κ2) is 5.50. The maximum atomic E-state index is 6.36. The zero-order valence-electron chi connectivity index (χ0n) is 10.7. The first-order valence-electron chi connectivity index (χ1n) is 6.55. The summed E-state index contributed by atoms with van der Waals surface area (Å²) in [7, 11) is 0. The van der Waals surface area contributed by atoms with Crippen LogP contribution in [0.5, 0.6) is 5.75 Å². The molecule has 1 aromatic rings. The molecule has 1 aromatic heterocycles. The zero-order chi connectivity index (χ0) is 12.3. The molecule has 1 aliphatic rings. The van der Waals surface area contributed by atoms with E-state index in [9.17, 15) is 0 Å². The van der Waals surface area contributed by atoms with Gasteiger partial charge in [0.25, 0.3) is 0 Å². The van der Waals surface area contributed by atoms with Crippen LogP contribution in [0, 0.1) is 11.8 Å². The standard InChI is InChI=1S/C14H22N2O/c1-3-17-12-7-11(8-16-9-12)14(15)13-6-4-5-10(13)2/h7-10,13-14H,3-6,15H2,1-2H3. The fourth-order valence-corrected chi connectivity index (χ4v) is 2.82. The second-order valence-electron chi connectivity index (χ2n) is 4.98. The third kappa shape index (κ3) is 2.78. The molecule has 0 aromatic carbocycles. The molecule has 1 fully saturated rings. The Morgan fingerprint density at radius 1 is 1.47 bits per heavy atom. The zero-order valence-corrected chi connectivity index (χ0v) is 10.7. The SMILES string of the molecule is CCOc1cncc(C(N)C2CCCC2C)c1. The molecule has 3 atom stereocenters. The van der Waals surface area contributed by atoms with Crippen LogP contribution >= 0.6 is 0 Å². The quantitative estimate of drug-likeness (QED) is 0.871. The molecule has 17 heavy (non-hydrogen) atoms. The summed E-state index contributed by atoms with van der Waals surface area (Å²) >= 11 is 0. The first-order chi connectivity index (χ1) is 8.22. The highest BCUT2D eigenvalue weighted by atomic mass is 16.5. The van der Waals surface area contributed by atoms with E-state index in [2.05, 4.69) is 11.9 Å². The summed E-state index contributed by atoms with van der Waals surface area (Å²) in [6.07, 6.45) is 7.46. The van der Waals surface area contributed by atoms with Crippen molar-refractivity contribution in [2.24, 2.45) is 17.6 Å².